The van der Waals surface area contributed by atoms with E-state index in [1.807, 2.05) is 10.8 Å². The van der Waals surface area contributed by atoms with E-state index in [-0.39, 0.29) is 0 Å². The molecule has 0 fully saturated rings. The first-order valence-corrected chi connectivity index (χ1v) is 4.35. The van der Waals surface area contributed by atoms with Gasteiger partial charge in [0, 0.05) is 11.1 Å². The van der Waals surface area contributed by atoms with E-state index in [2.05, 4.69) is 17.9 Å². The van der Waals surface area contributed by atoms with E-state index in [1.54, 1.807) is 6.07 Å². The lowest BCUT2D eigenvalue weighted by Crippen LogP contribution is -2.22. The third-order valence-electron chi connectivity index (χ3n) is 1.06. The van der Waals surface area contributed by atoms with Crippen molar-refractivity contribution < 1.29 is 9.90 Å². The summed E-state index contributed by atoms with van der Waals surface area (Å²) in [6.07, 6.45) is 0. The van der Waals surface area contributed by atoms with E-state index >= 15 is 0 Å². The number of carboxylic acids is 1. The van der Waals surface area contributed by atoms with Crippen molar-refractivity contribution in [1.29, 1.82) is 0 Å². The van der Waals surface area contributed by atoms with Gasteiger partial charge >= 0.3 is 5.97 Å². The number of carboxylic acid groups (broad SMARTS) is 1. The van der Waals surface area contributed by atoms with E-state index in [0.717, 1.165) is 5.69 Å². The standard InChI is InChI=1S/C6H7NO2S2/c8-6(9)5(10)7-4-1-2-11-3-4/h1-3,5,7,10H,(H,8,9)/t5-/m0/s1. The summed E-state index contributed by atoms with van der Waals surface area (Å²) in [7, 11) is 0. The summed E-state index contributed by atoms with van der Waals surface area (Å²) in [5.74, 6) is -0.973. The molecule has 0 aliphatic carbocycles. The van der Waals surface area contributed by atoms with Crippen LogP contribution in [-0.2, 0) is 4.79 Å². The monoisotopic (exact) mass is 189 g/mol. The molecule has 0 bridgehead atoms. The van der Waals surface area contributed by atoms with E-state index in [4.69, 9.17) is 5.11 Å². The van der Waals surface area contributed by atoms with Gasteiger partial charge in [-0.15, -0.1) is 12.6 Å². The molecule has 1 aromatic rings. The van der Waals surface area contributed by atoms with Crippen molar-refractivity contribution in [3.05, 3.63) is 16.8 Å². The Morgan fingerprint density at radius 1 is 1.82 bits per heavy atom. The van der Waals surface area contributed by atoms with E-state index in [0.29, 0.717) is 0 Å². The lowest BCUT2D eigenvalue weighted by atomic mass is 10.5. The molecule has 0 aliphatic rings. The van der Waals surface area contributed by atoms with Crippen LogP contribution in [0.1, 0.15) is 0 Å². The average molecular weight is 189 g/mol. The Kier molecular flexibility index (Phi) is 2.78. The van der Waals surface area contributed by atoms with E-state index in [1.165, 1.54) is 11.3 Å². The number of carbonyl (C=O) groups is 1. The SMILES string of the molecule is O=C(O)[C@H](S)Nc1ccsc1. The van der Waals surface area contributed by atoms with Gasteiger partial charge in [0.05, 0.1) is 0 Å². The minimum Gasteiger partial charge on any atom is -0.479 e. The smallest absolute Gasteiger partial charge is 0.336 e. The molecular weight excluding hydrogens is 182 g/mol. The maximum atomic E-state index is 10.3. The molecule has 1 heterocycles. The quantitative estimate of drug-likeness (QED) is 0.499. The predicted molar refractivity (Wildman–Crippen MR) is 48.4 cm³/mol. The summed E-state index contributed by atoms with van der Waals surface area (Å²) in [5, 5.41) is 14.0. The van der Waals surface area contributed by atoms with Gasteiger partial charge < -0.3 is 10.4 Å². The third-order valence-corrected chi connectivity index (χ3v) is 2.09. The van der Waals surface area contributed by atoms with Crippen LogP contribution >= 0.6 is 24.0 Å². The predicted octanol–water partition coefficient (Wildman–Crippen LogP) is 1.50. The highest BCUT2D eigenvalue weighted by Crippen LogP contribution is 2.13. The van der Waals surface area contributed by atoms with Crippen LogP contribution < -0.4 is 5.32 Å². The van der Waals surface area contributed by atoms with Gasteiger partial charge in [-0.3, -0.25) is 0 Å². The van der Waals surface area contributed by atoms with Gasteiger partial charge in [0.15, 0.2) is 5.37 Å². The molecule has 1 atom stereocenters. The Bertz CT molecular complexity index is 235. The Morgan fingerprint density at radius 3 is 3.00 bits per heavy atom. The van der Waals surface area contributed by atoms with E-state index < -0.39 is 11.3 Å². The summed E-state index contributed by atoms with van der Waals surface area (Å²) in [5.41, 5.74) is 0.789. The van der Waals surface area contributed by atoms with Crippen LogP contribution in [0.25, 0.3) is 0 Å². The lowest BCUT2D eigenvalue weighted by Gasteiger charge is -2.06. The molecule has 3 nitrogen and oxygen atoms in total. The van der Waals surface area contributed by atoms with Crippen molar-refractivity contribution in [3.63, 3.8) is 0 Å². The molecular formula is C6H7NO2S2. The zero-order valence-corrected chi connectivity index (χ0v) is 7.23. The minimum atomic E-state index is -0.973. The molecule has 1 aromatic heterocycles. The van der Waals surface area contributed by atoms with Gasteiger partial charge in [-0.05, 0) is 11.4 Å². The lowest BCUT2D eigenvalue weighted by molar-refractivity contribution is -0.135. The Hall–Kier alpha value is -0.680. The molecule has 0 radical (unpaired) electrons. The Labute approximate surface area is 73.5 Å². The van der Waals surface area contributed by atoms with Crippen molar-refractivity contribution in [3.8, 4) is 0 Å². The zero-order chi connectivity index (χ0) is 8.27. The number of anilines is 1. The first-order chi connectivity index (χ1) is 5.20. The van der Waals surface area contributed by atoms with Gasteiger partial charge in [0.2, 0.25) is 0 Å². The van der Waals surface area contributed by atoms with Crippen LogP contribution in [-0.4, -0.2) is 16.4 Å². The number of nitrogens with one attached hydrogen (secondary N) is 1. The second kappa shape index (κ2) is 3.64. The summed E-state index contributed by atoms with van der Waals surface area (Å²) >= 11 is 5.31. The first kappa shape index (κ1) is 8.42. The van der Waals surface area contributed by atoms with Gasteiger partial charge in [-0.1, -0.05) is 0 Å². The number of thiol groups is 1. The van der Waals surface area contributed by atoms with Crippen molar-refractivity contribution in [2.75, 3.05) is 5.32 Å². The number of aliphatic carboxylic acids is 1. The fourth-order valence-corrected chi connectivity index (χ4v) is 1.31. The van der Waals surface area contributed by atoms with Crippen LogP contribution in [0, 0.1) is 0 Å². The number of thiophene rings is 1. The van der Waals surface area contributed by atoms with Crippen molar-refractivity contribution in [2.24, 2.45) is 0 Å². The molecule has 0 saturated carbocycles. The second-order valence-electron chi connectivity index (χ2n) is 1.90. The van der Waals surface area contributed by atoms with Crippen molar-refractivity contribution in [2.45, 2.75) is 5.37 Å². The van der Waals surface area contributed by atoms with Crippen LogP contribution in [0.2, 0.25) is 0 Å². The highest BCUT2D eigenvalue weighted by molar-refractivity contribution is 7.81. The molecule has 0 saturated heterocycles. The third kappa shape index (κ3) is 2.44. The summed E-state index contributed by atoms with van der Waals surface area (Å²) in [6, 6.07) is 1.80. The molecule has 11 heavy (non-hydrogen) atoms. The van der Waals surface area contributed by atoms with Gasteiger partial charge in [0.1, 0.15) is 0 Å². The molecule has 1 rings (SSSR count). The highest BCUT2D eigenvalue weighted by atomic mass is 32.1. The molecule has 60 valence electrons. The van der Waals surface area contributed by atoms with Gasteiger partial charge in [-0.2, -0.15) is 11.3 Å². The minimum absolute atomic E-state index is 0.789. The van der Waals surface area contributed by atoms with Crippen LogP contribution in [0.3, 0.4) is 0 Å². The normalized spacial score (nSPS) is 12.5. The number of rotatable bonds is 3. The topological polar surface area (TPSA) is 49.3 Å². The molecule has 0 unspecified atom stereocenters. The molecule has 0 aliphatic heterocycles. The van der Waals surface area contributed by atoms with Crippen LogP contribution in [0.4, 0.5) is 5.69 Å². The highest BCUT2D eigenvalue weighted by Gasteiger charge is 2.10. The van der Waals surface area contributed by atoms with Gasteiger partial charge in [0.25, 0.3) is 0 Å². The maximum Gasteiger partial charge on any atom is 0.336 e. The molecule has 0 spiro atoms. The van der Waals surface area contributed by atoms with Crippen molar-refractivity contribution in [1.82, 2.24) is 0 Å². The summed E-state index contributed by atoms with van der Waals surface area (Å²) in [6.45, 7) is 0. The second-order valence-corrected chi connectivity index (χ2v) is 3.19. The fraction of sp³-hybridized carbons (Fsp3) is 0.167. The van der Waals surface area contributed by atoms with Crippen molar-refractivity contribution >= 4 is 35.6 Å². The number of hydrogen-bond acceptors (Lipinski definition) is 4. The fourth-order valence-electron chi connectivity index (χ4n) is 0.566. The molecule has 0 aromatic carbocycles. The molecule has 0 amide bonds. The molecule has 5 heteroatoms. The van der Waals surface area contributed by atoms with E-state index in [9.17, 15) is 4.79 Å². The Balaban J connectivity index is 2.50. The largest absolute Gasteiger partial charge is 0.479 e. The average Bonchev–Trinajstić information content (AvgIpc) is 2.39. The molecule has 2 N–H and O–H groups in total. The van der Waals surface area contributed by atoms with Crippen LogP contribution in [0.5, 0.6) is 0 Å². The first-order valence-electron chi connectivity index (χ1n) is 2.90. The summed E-state index contributed by atoms with van der Waals surface area (Å²) in [4.78, 5) is 10.3. The summed E-state index contributed by atoms with van der Waals surface area (Å²) < 4.78 is 0. The van der Waals surface area contributed by atoms with Crippen LogP contribution in [0.15, 0.2) is 16.8 Å². The number of hydrogen-bond donors (Lipinski definition) is 3. The zero-order valence-electron chi connectivity index (χ0n) is 5.52. The maximum absolute atomic E-state index is 10.3. The van der Waals surface area contributed by atoms with Gasteiger partial charge in [-0.25, -0.2) is 4.79 Å². The Morgan fingerprint density at radius 2 is 2.55 bits per heavy atom.